The Morgan fingerprint density at radius 1 is 1.33 bits per heavy atom. The lowest BCUT2D eigenvalue weighted by Crippen LogP contribution is -2.37. The number of carbonyl (C=O) groups is 1. The summed E-state index contributed by atoms with van der Waals surface area (Å²) in [4.78, 5) is 18.6. The van der Waals surface area contributed by atoms with E-state index in [4.69, 9.17) is 16.3 Å². The molecule has 1 heterocycles. The van der Waals surface area contributed by atoms with E-state index in [9.17, 15) is 4.79 Å². The molecular formula is C18H23ClN2O2S. The van der Waals surface area contributed by atoms with Crippen LogP contribution in [0, 0.1) is 0 Å². The molecule has 1 aromatic heterocycles. The van der Waals surface area contributed by atoms with Gasteiger partial charge < -0.3 is 9.64 Å². The Balaban J connectivity index is 1.96. The van der Waals surface area contributed by atoms with Crippen LogP contribution in [0.5, 0.6) is 5.75 Å². The van der Waals surface area contributed by atoms with Gasteiger partial charge in [0.25, 0.3) is 0 Å². The number of benzene rings is 1. The number of hydrogen-bond acceptors (Lipinski definition) is 4. The molecule has 0 saturated carbocycles. The summed E-state index contributed by atoms with van der Waals surface area (Å²) >= 11 is 7.41. The highest BCUT2D eigenvalue weighted by molar-refractivity contribution is 7.09. The Morgan fingerprint density at radius 3 is 2.67 bits per heavy atom. The highest BCUT2D eigenvalue weighted by atomic mass is 35.5. The molecule has 4 nitrogen and oxygen atoms in total. The number of hydrogen-bond donors (Lipinski definition) is 0. The lowest BCUT2D eigenvalue weighted by Gasteiger charge is -2.27. The molecule has 1 aromatic carbocycles. The molecule has 0 spiro atoms. The molecule has 1 amide bonds. The number of rotatable bonds is 8. The second-order valence-corrected chi connectivity index (χ2v) is 6.99. The van der Waals surface area contributed by atoms with Gasteiger partial charge in [-0.25, -0.2) is 4.98 Å². The Labute approximate surface area is 152 Å². The zero-order chi connectivity index (χ0) is 17.5. The van der Waals surface area contributed by atoms with E-state index in [0.717, 1.165) is 22.9 Å². The second-order valence-electron chi connectivity index (χ2n) is 5.61. The Morgan fingerprint density at radius 2 is 2.04 bits per heavy atom. The van der Waals surface area contributed by atoms with Crippen LogP contribution in [0.25, 0.3) is 0 Å². The lowest BCUT2D eigenvalue weighted by atomic mass is 10.2. The van der Waals surface area contributed by atoms with Gasteiger partial charge in [-0.1, -0.05) is 25.4 Å². The average molecular weight is 367 g/mol. The number of amides is 1. The Kier molecular flexibility index (Phi) is 7.06. The van der Waals surface area contributed by atoms with E-state index in [-0.39, 0.29) is 11.9 Å². The van der Waals surface area contributed by atoms with Gasteiger partial charge in [-0.3, -0.25) is 4.79 Å². The minimum Gasteiger partial charge on any atom is -0.486 e. The molecule has 130 valence electrons. The monoisotopic (exact) mass is 366 g/mol. The SMILES string of the molecule is CCC(=O)N(Cc1csc(COc2ccc(Cl)cc2)n1)C(C)CC. The molecule has 0 N–H and O–H groups in total. The fourth-order valence-electron chi connectivity index (χ4n) is 2.25. The molecule has 1 atom stereocenters. The number of aromatic nitrogens is 1. The fourth-order valence-corrected chi connectivity index (χ4v) is 3.07. The summed E-state index contributed by atoms with van der Waals surface area (Å²) in [6.45, 7) is 7.03. The molecule has 6 heteroatoms. The van der Waals surface area contributed by atoms with E-state index < -0.39 is 0 Å². The van der Waals surface area contributed by atoms with Gasteiger partial charge in [0, 0.05) is 22.9 Å². The molecule has 2 rings (SSSR count). The van der Waals surface area contributed by atoms with Crippen LogP contribution in [0.3, 0.4) is 0 Å². The molecule has 0 fully saturated rings. The van der Waals surface area contributed by atoms with E-state index in [1.54, 1.807) is 23.5 Å². The molecule has 0 aliphatic rings. The smallest absolute Gasteiger partial charge is 0.222 e. The quantitative estimate of drug-likeness (QED) is 0.666. The van der Waals surface area contributed by atoms with Crippen LogP contribution in [-0.4, -0.2) is 21.8 Å². The molecule has 24 heavy (non-hydrogen) atoms. The molecular weight excluding hydrogens is 344 g/mol. The summed E-state index contributed by atoms with van der Waals surface area (Å²) < 4.78 is 5.71. The second kappa shape index (κ2) is 9.04. The van der Waals surface area contributed by atoms with Gasteiger partial charge in [0.15, 0.2) is 0 Å². The average Bonchev–Trinajstić information content (AvgIpc) is 3.05. The fraction of sp³-hybridized carbons (Fsp3) is 0.444. The van der Waals surface area contributed by atoms with Gasteiger partial charge in [0.2, 0.25) is 5.91 Å². The van der Waals surface area contributed by atoms with Crippen molar-refractivity contribution in [3.8, 4) is 5.75 Å². The van der Waals surface area contributed by atoms with Crippen LogP contribution in [-0.2, 0) is 17.9 Å². The molecule has 0 radical (unpaired) electrons. The van der Waals surface area contributed by atoms with Crippen molar-refractivity contribution in [1.82, 2.24) is 9.88 Å². The third-order valence-electron chi connectivity index (χ3n) is 3.85. The third-order valence-corrected chi connectivity index (χ3v) is 4.98. The lowest BCUT2D eigenvalue weighted by molar-refractivity contribution is -0.133. The summed E-state index contributed by atoms with van der Waals surface area (Å²) in [5.41, 5.74) is 0.914. The summed E-state index contributed by atoms with van der Waals surface area (Å²) in [7, 11) is 0. The van der Waals surface area contributed by atoms with Gasteiger partial charge in [-0.05, 0) is 37.6 Å². The van der Waals surface area contributed by atoms with E-state index in [0.29, 0.717) is 24.6 Å². The highest BCUT2D eigenvalue weighted by Crippen LogP contribution is 2.19. The van der Waals surface area contributed by atoms with Gasteiger partial charge >= 0.3 is 0 Å². The standard InChI is InChI=1S/C18H23ClN2O2S/c1-4-13(3)21(18(22)5-2)10-15-12-24-17(20-15)11-23-16-8-6-14(19)7-9-16/h6-9,12-13H,4-5,10-11H2,1-3H3. The van der Waals surface area contributed by atoms with Crippen molar-refractivity contribution in [3.05, 3.63) is 45.4 Å². The largest absolute Gasteiger partial charge is 0.486 e. The van der Waals surface area contributed by atoms with Gasteiger partial charge in [0.1, 0.15) is 17.4 Å². The minimum atomic E-state index is 0.163. The predicted molar refractivity (Wildman–Crippen MR) is 98.5 cm³/mol. The summed E-state index contributed by atoms with van der Waals surface area (Å²) in [5, 5.41) is 3.58. The maximum Gasteiger partial charge on any atom is 0.222 e. The summed E-state index contributed by atoms with van der Waals surface area (Å²) in [5.74, 6) is 0.926. The van der Waals surface area contributed by atoms with Gasteiger partial charge in [-0.2, -0.15) is 0 Å². The normalized spacial score (nSPS) is 12.0. The number of carbonyl (C=O) groups excluding carboxylic acids is 1. The van der Waals surface area contributed by atoms with Crippen molar-refractivity contribution in [2.24, 2.45) is 0 Å². The van der Waals surface area contributed by atoms with Crippen LogP contribution < -0.4 is 4.74 Å². The molecule has 0 aliphatic carbocycles. The van der Waals surface area contributed by atoms with Gasteiger partial charge in [-0.15, -0.1) is 11.3 Å². The van der Waals surface area contributed by atoms with Crippen molar-refractivity contribution in [2.45, 2.75) is 52.8 Å². The predicted octanol–water partition coefficient (Wildman–Crippen LogP) is 4.91. The first-order chi connectivity index (χ1) is 11.5. The number of halogens is 1. The van der Waals surface area contributed by atoms with Crippen LogP contribution >= 0.6 is 22.9 Å². The third kappa shape index (κ3) is 5.21. The molecule has 1 unspecified atom stereocenters. The minimum absolute atomic E-state index is 0.163. The first kappa shape index (κ1) is 18.7. The van der Waals surface area contributed by atoms with Crippen molar-refractivity contribution in [1.29, 1.82) is 0 Å². The topological polar surface area (TPSA) is 42.4 Å². The molecule has 0 bridgehead atoms. The zero-order valence-electron chi connectivity index (χ0n) is 14.3. The molecule has 0 saturated heterocycles. The van der Waals surface area contributed by atoms with Crippen LogP contribution in [0.2, 0.25) is 5.02 Å². The van der Waals surface area contributed by atoms with E-state index in [1.807, 2.05) is 29.3 Å². The molecule has 0 aliphatic heterocycles. The number of thiazole rings is 1. The maximum atomic E-state index is 12.1. The van der Waals surface area contributed by atoms with Crippen molar-refractivity contribution in [2.75, 3.05) is 0 Å². The Hall–Kier alpha value is -1.59. The summed E-state index contributed by atoms with van der Waals surface area (Å²) in [6, 6.07) is 7.48. The molecule has 2 aromatic rings. The van der Waals surface area contributed by atoms with Crippen molar-refractivity contribution < 1.29 is 9.53 Å². The first-order valence-electron chi connectivity index (χ1n) is 8.14. The number of ether oxygens (including phenoxy) is 1. The van der Waals surface area contributed by atoms with E-state index >= 15 is 0 Å². The van der Waals surface area contributed by atoms with E-state index in [2.05, 4.69) is 18.8 Å². The highest BCUT2D eigenvalue weighted by Gasteiger charge is 2.18. The summed E-state index contributed by atoms with van der Waals surface area (Å²) in [6.07, 6.45) is 1.45. The van der Waals surface area contributed by atoms with Crippen LogP contribution in [0.1, 0.15) is 44.3 Å². The Bertz CT molecular complexity index is 657. The zero-order valence-corrected chi connectivity index (χ0v) is 15.9. The van der Waals surface area contributed by atoms with E-state index in [1.165, 1.54) is 0 Å². The van der Waals surface area contributed by atoms with Gasteiger partial charge in [0.05, 0.1) is 12.2 Å². The van der Waals surface area contributed by atoms with Crippen molar-refractivity contribution >= 4 is 28.8 Å². The first-order valence-corrected chi connectivity index (χ1v) is 9.40. The van der Waals surface area contributed by atoms with Crippen molar-refractivity contribution in [3.63, 3.8) is 0 Å². The maximum absolute atomic E-state index is 12.1. The van der Waals surface area contributed by atoms with Crippen LogP contribution in [0.15, 0.2) is 29.6 Å². The number of nitrogens with zero attached hydrogens (tertiary/aromatic N) is 2. The van der Waals surface area contributed by atoms with Crippen LogP contribution in [0.4, 0.5) is 0 Å².